The van der Waals surface area contributed by atoms with Crippen LogP contribution in [0, 0.1) is 0 Å². The molecule has 0 saturated carbocycles. The van der Waals surface area contributed by atoms with Crippen LogP contribution in [0.1, 0.15) is 0 Å². The molecule has 3 heteroatoms. The van der Waals surface area contributed by atoms with Crippen molar-refractivity contribution in [3.05, 3.63) is 97.1 Å². The second-order valence-electron chi connectivity index (χ2n) is 7.25. The van der Waals surface area contributed by atoms with Crippen LogP contribution in [-0.2, 0) is 0 Å². The summed E-state index contributed by atoms with van der Waals surface area (Å²) >= 11 is 1.28. The highest BCUT2D eigenvalue weighted by Crippen LogP contribution is 2.36. The van der Waals surface area contributed by atoms with Crippen LogP contribution >= 0.6 is 11.7 Å². The lowest BCUT2D eigenvalue weighted by atomic mass is 9.95. The molecule has 0 fully saturated rings. The lowest BCUT2D eigenvalue weighted by Crippen LogP contribution is -1.86. The lowest BCUT2D eigenvalue weighted by molar-refractivity contribution is 1.59. The molecule has 0 amide bonds. The fourth-order valence-electron chi connectivity index (χ4n) is 4.05. The normalized spacial score (nSPS) is 11.4. The van der Waals surface area contributed by atoms with E-state index >= 15 is 0 Å². The largest absolute Gasteiger partial charge is 0.172 e. The Kier molecular flexibility index (Phi) is 3.68. The summed E-state index contributed by atoms with van der Waals surface area (Å²) < 4.78 is 9.31. The van der Waals surface area contributed by atoms with Gasteiger partial charge in [-0.2, -0.15) is 8.75 Å². The van der Waals surface area contributed by atoms with E-state index in [4.69, 9.17) is 0 Å². The number of benzene rings is 5. The van der Waals surface area contributed by atoms with E-state index in [1.807, 2.05) is 0 Å². The molecule has 0 bridgehead atoms. The van der Waals surface area contributed by atoms with Crippen LogP contribution in [0.15, 0.2) is 97.1 Å². The minimum Gasteiger partial charge on any atom is -0.172 e. The third-order valence-electron chi connectivity index (χ3n) is 5.54. The maximum Gasteiger partial charge on any atom is 0.113 e. The second-order valence-corrected chi connectivity index (χ2v) is 7.77. The molecule has 0 radical (unpaired) electrons. The summed E-state index contributed by atoms with van der Waals surface area (Å²) in [6, 6.07) is 34.4. The van der Waals surface area contributed by atoms with Gasteiger partial charge in [-0.05, 0) is 44.8 Å². The third-order valence-corrected chi connectivity index (χ3v) is 6.06. The maximum atomic E-state index is 4.65. The summed E-state index contributed by atoms with van der Waals surface area (Å²) in [4.78, 5) is 0. The predicted molar refractivity (Wildman–Crippen MR) is 123 cm³/mol. The second kappa shape index (κ2) is 6.50. The van der Waals surface area contributed by atoms with Crippen molar-refractivity contribution in [3.8, 4) is 22.3 Å². The van der Waals surface area contributed by atoms with Crippen LogP contribution in [0.2, 0.25) is 0 Å². The van der Waals surface area contributed by atoms with Gasteiger partial charge in [-0.15, -0.1) is 0 Å². The minimum atomic E-state index is 0.968. The van der Waals surface area contributed by atoms with Gasteiger partial charge in [0.25, 0.3) is 0 Å². The van der Waals surface area contributed by atoms with Crippen LogP contribution < -0.4 is 0 Å². The summed E-state index contributed by atoms with van der Waals surface area (Å²) in [7, 11) is 0. The van der Waals surface area contributed by atoms with Gasteiger partial charge >= 0.3 is 0 Å². The standard InChI is InChI=1S/C26H16N2S/c1-3-7-19-15-21(11-9-17(19)5-1)23-13-14-24(26-25(23)27-29-28-26)22-12-10-18-6-2-4-8-20(18)16-22/h1-16H. The van der Waals surface area contributed by atoms with Gasteiger partial charge in [0.2, 0.25) is 0 Å². The zero-order chi connectivity index (χ0) is 19.2. The van der Waals surface area contributed by atoms with Gasteiger partial charge in [-0.3, -0.25) is 0 Å². The highest BCUT2D eigenvalue weighted by atomic mass is 32.1. The minimum absolute atomic E-state index is 0.968. The Labute approximate surface area is 172 Å². The number of nitrogens with zero attached hydrogens (tertiary/aromatic N) is 2. The van der Waals surface area contributed by atoms with Crippen molar-refractivity contribution in [2.45, 2.75) is 0 Å². The van der Waals surface area contributed by atoms with E-state index in [1.54, 1.807) is 0 Å². The first-order valence-electron chi connectivity index (χ1n) is 9.60. The van der Waals surface area contributed by atoms with E-state index in [-0.39, 0.29) is 0 Å². The molecule has 29 heavy (non-hydrogen) atoms. The molecule has 0 aliphatic rings. The van der Waals surface area contributed by atoms with Crippen LogP contribution in [-0.4, -0.2) is 8.75 Å². The average Bonchev–Trinajstić information content (AvgIpc) is 3.28. The quantitative estimate of drug-likeness (QED) is 0.310. The summed E-state index contributed by atoms with van der Waals surface area (Å²) in [5, 5.41) is 4.97. The zero-order valence-corrected chi connectivity index (χ0v) is 16.4. The molecule has 0 saturated heterocycles. The maximum absolute atomic E-state index is 4.65. The Hall–Kier alpha value is -3.56. The van der Waals surface area contributed by atoms with Gasteiger partial charge < -0.3 is 0 Å². The first-order chi connectivity index (χ1) is 14.4. The van der Waals surface area contributed by atoms with Gasteiger partial charge in [0.1, 0.15) is 11.0 Å². The Morgan fingerprint density at radius 2 is 0.897 bits per heavy atom. The molecule has 0 N–H and O–H groups in total. The van der Waals surface area contributed by atoms with Crippen molar-refractivity contribution in [2.24, 2.45) is 0 Å². The van der Waals surface area contributed by atoms with Crippen LogP contribution in [0.4, 0.5) is 0 Å². The van der Waals surface area contributed by atoms with E-state index in [0.29, 0.717) is 0 Å². The number of hydrogen-bond acceptors (Lipinski definition) is 3. The van der Waals surface area contributed by atoms with E-state index in [9.17, 15) is 0 Å². The zero-order valence-electron chi connectivity index (χ0n) is 15.5. The van der Waals surface area contributed by atoms with E-state index in [2.05, 4.69) is 106 Å². The molecule has 1 heterocycles. The Bertz CT molecular complexity index is 1400. The highest BCUT2D eigenvalue weighted by Gasteiger charge is 2.14. The molecule has 2 nitrogen and oxygen atoms in total. The molecular weight excluding hydrogens is 372 g/mol. The molecule has 0 spiro atoms. The molecule has 0 unspecified atom stereocenters. The molecule has 0 aliphatic heterocycles. The molecule has 1 aromatic heterocycles. The molecule has 6 rings (SSSR count). The van der Waals surface area contributed by atoms with Gasteiger partial charge in [0, 0.05) is 11.1 Å². The fraction of sp³-hybridized carbons (Fsp3) is 0. The molecule has 136 valence electrons. The molecule has 6 aromatic rings. The summed E-state index contributed by atoms with van der Waals surface area (Å²) in [6.45, 7) is 0. The Balaban J connectivity index is 1.54. The first-order valence-corrected chi connectivity index (χ1v) is 10.3. The Morgan fingerprint density at radius 1 is 0.448 bits per heavy atom. The number of fused-ring (bicyclic) bond motifs is 3. The summed E-state index contributed by atoms with van der Waals surface area (Å²) in [5.41, 5.74) is 6.54. The number of aromatic nitrogens is 2. The van der Waals surface area contributed by atoms with Crippen molar-refractivity contribution in [1.29, 1.82) is 0 Å². The van der Waals surface area contributed by atoms with E-state index in [1.165, 1.54) is 44.4 Å². The Morgan fingerprint density at radius 3 is 1.38 bits per heavy atom. The fourth-order valence-corrected chi connectivity index (χ4v) is 4.62. The third kappa shape index (κ3) is 2.71. The van der Waals surface area contributed by atoms with Crippen molar-refractivity contribution in [2.75, 3.05) is 0 Å². The average molecular weight is 388 g/mol. The van der Waals surface area contributed by atoms with Crippen LogP contribution in [0.5, 0.6) is 0 Å². The molecule has 0 aliphatic carbocycles. The van der Waals surface area contributed by atoms with Crippen molar-refractivity contribution in [1.82, 2.24) is 8.75 Å². The van der Waals surface area contributed by atoms with Crippen LogP contribution in [0.3, 0.4) is 0 Å². The predicted octanol–water partition coefficient (Wildman–Crippen LogP) is 7.33. The van der Waals surface area contributed by atoms with Crippen molar-refractivity contribution >= 4 is 44.3 Å². The van der Waals surface area contributed by atoms with Gasteiger partial charge in [0.05, 0.1) is 11.7 Å². The van der Waals surface area contributed by atoms with Gasteiger partial charge in [-0.1, -0.05) is 84.9 Å². The monoisotopic (exact) mass is 388 g/mol. The smallest absolute Gasteiger partial charge is 0.113 e. The summed E-state index contributed by atoms with van der Waals surface area (Å²) in [5.74, 6) is 0. The topological polar surface area (TPSA) is 25.8 Å². The van der Waals surface area contributed by atoms with Crippen molar-refractivity contribution in [3.63, 3.8) is 0 Å². The molecular formula is C26H16N2S. The molecule has 5 aromatic carbocycles. The van der Waals surface area contributed by atoms with E-state index in [0.717, 1.165) is 22.2 Å². The number of hydrogen-bond donors (Lipinski definition) is 0. The van der Waals surface area contributed by atoms with Gasteiger partial charge in [-0.25, -0.2) is 0 Å². The summed E-state index contributed by atoms with van der Waals surface area (Å²) in [6.07, 6.45) is 0. The highest BCUT2D eigenvalue weighted by molar-refractivity contribution is 7.00. The van der Waals surface area contributed by atoms with Gasteiger partial charge in [0.15, 0.2) is 0 Å². The van der Waals surface area contributed by atoms with E-state index < -0.39 is 0 Å². The first kappa shape index (κ1) is 16.4. The molecule has 0 atom stereocenters. The SMILES string of the molecule is c1ccc2cc(-c3ccc(-c4ccc5ccccc5c4)c4nsnc34)ccc2c1. The van der Waals surface area contributed by atoms with Crippen molar-refractivity contribution < 1.29 is 0 Å². The van der Waals surface area contributed by atoms with Crippen LogP contribution in [0.25, 0.3) is 54.8 Å². The number of rotatable bonds is 2. The lowest BCUT2D eigenvalue weighted by Gasteiger charge is -2.09.